The Labute approximate surface area is 180 Å². The van der Waals surface area contributed by atoms with E-state index in [-0.39, 0.29) is 9.92 Å². The van der Waals surface area contributed by atoms with E-state index in [9.17, 15) is 8.42 Å². The topological polar surface area (TPSA) is 79.5 Å². The van der Waals surface area contributed by atoms with Crippen LogP contribution in [0.1, 0.15) is 6.42 Å². The molecule has 28 heavy (non-hydrogen) atoms. The van der Waals surface area contributed by atoms with Crippen molar-refractivity contribution in [2.24, 2.45) is 0 Å². The van der Waals surface area contributed by atoms with Crippen LogP contribution in [0.25, 0.3) is 0 Å². The first-order chi connectivity index (χ1) is 13.4. The number of hydrogen-bond acceptors (Lipinski definition) is 5. The molecule has 6 nitrogen and oxygen atoms in total. The van der Waals surface area contributed by atoms with Crippen molar-refractivity contribution in [2.75, 3.05) is 35.7 Å². The molecule has 152 valence electrons. The fraction of sp³-hybridized carbons (Fsp3) is 0.278. The Morgan fingerprint density at radius 3 is 2.71 bits per heavy atom. The normalized spacial score (nSPS) is 11.0. The molecule has 0 saturated carbocycles. The number of rotatable bonds is 9. The highest BCUT2D eigenvalue weighted by molar-refractivity contribution is 7.98. The van der Waals surface area contributed by atoms with Crippen LogP contribution >= 0.6 is 35.6 Å². The van der Waals surface area contributed by atoms with Crippen molar-refractivity contribution < 1.29 is 13.2 Å². The van der Waals surface area contributed by atoms with Crippen LogP contribution in [0, 0.1) is 0 Å². The summed E-state index contributed by atoms with van der Waals surface area (Å²) in [7, 11) is -2.46. The van der Waals surface area contributed by atoms with Gasteiger partial charge in [0.1, 0.15) is 10.6 Å². The zero-order valence-electron chi connectivity index (χ0n) is 15.5. The molecule has 0 unspecified atom stereocenters. The van der Waals surface area contributed by atoms with Crippen LogP contribution in [-0.2, 0) is 10.0 Å². The van der Waals surface area contributed by atoms with E-state index in [1.807, 2.05) is 6.26 Å². The zero-order valence-corrected chi connectivity index (χ0v) is 18.7. The average molecular weight is 460 g/mol. The molecule has 0 fully saturated rings. The molecule has 0 spiro atoms. The molecule has 10 heteroatoms. The molecule has 0 aliphatic carbocycles. The Bertz CT molecular complexity index is 923. The van der Waals surface area contributed by atoms with Gasteiger partial charge in [-0.25, -0.2) is 8.42 Å². The van der Waals surface area contributed by atoms with Crippen molar-refractivity contribution in [2.45, 2.75) is 11.3 Å². The highest BCUT2D eigenvalue weighted by Crippen LogP contribution is 2.30. The molecule has 0 bridgehead atoms. The summed E-state index contributed by atoms with van der Waals surface area (Å²) in [6.07, 6.45) is 3.03. The van der Waals surface area contributed by atoms with Gasteiger partial charge in [0.25, 0.3) is 10.0 Å². The van der Waals surface area contributed by atoms with E-state index < -0.39 is 10.0 Å². The Kier molecular flexibility index (Phi) is 8.68. The summed E-state index contributed by atoms with van der Waals surface area (Å²) in [6, 6.07) is 11.4. The minimum atomic E-state index is -3.93. The summed E-state index contributed by atoms with van der Waals surface area (Å²) in [4.78, 5) is -0.0599. The largest absolute Gasteiger partial charge is 0.495 e. The van der Waals surface area contributed by atoms with E-state index in [0.29, 0.717) is 22.2 Å². The molecule has 0 saturated heterocycles. The Balaban J connectivity index is 2.16. The first-order valence-electron chi connectivity index (χ1n) is 8.36. The molecule has 2 rings (SSSR count). The van der Waals surface area contributed by atoms with Gasteiger partial charge in [-0.05, 0) is 61.0 Å². The van der Waals surface area contributed by atoms with Crippen LogP contribution in [0.3, 0.4) is 0 Å². The number of ether oxygens (including phenoxy) is 1. The fourth-order valence-corrected chi connectivity index (χ4v) is 4.56. The highest BCUT2D eigenvalue weighted by Gasteiger charge is 2.20. The minimum Gasteiger partial charge on any atom is -0.495 e. The molecule has 0 aromatic heterocycles. The van der Waals surface area contributed by atoms with Gasteiger partial charge in [0, 0.05) is 12.2 Å². The van der Waals surface area contributed by atoms with Crippen molar-refractivity contribution >= 4 is 62.1 Å². The number of anilines is 2. The Hall–Kier alpha value is -1.68. The number of benzene rings is 2. The summed E-state index contributed by atoms with van der Waals surface area (Å²) in [6.45, 7) is 0.737. The van der Waals surface area contributed by atoms with E-state index in [1.165, 1.54) is 19.2 Å². The lowest BCUT2D eigenvalue weighted by molar-refractivity contribution is 0.417. The lowest BCUT2D eigenvalue weighted by Crippen LogP contribution is -2.29. The van der Waals surface area contributed by atoms with Gasteiger partial charge in [-0.3, -0.25) is 4.72 Å². The van der Waals surface area contributed by atoms with Crippen LogP contribution in [0.4, 0.5) is 11.4 Å². The summed E-state index contributed by atoms with van der Waals surface area (Å²) in [5.41, 5.74) is 0.845. The molecular formula is C18H22ClN3O3S3. The van der Waals surface area contributed by atoms with Gasteiger partial charge in [-0.1, -0.05) is 23.7 Å². The van der Waals surface area contributed by atoms with E-state index in [4.69, 9.17) is 28.6 Å². The van der Waals surface area contributed by atoms with E-state index in [2.05, 4.69) is 15.4 Å². The van der Waals surface area contributed by atoms with E-state index in [1.54, 1.807) is 42.1 Å². The monoisotopic (exact) mass is 459 g/mol. The second-order valence-electron chi connectivity index (χ2n) is 5.68. The summed E-state index contributed by atoms with van der Waals surface area (Å²) < 4.78 is 33.4. The van der Waals surface area contributed by atoms with Gasteiger partial charge in [0.15, 0.2) is 5.11 Å². The van der Waals surface area contributed by atoms with Crippen molar-refractivity contribution in [1.29, 1.82) is 0 Å². The maximum atomic E-state index is 12.8. The first kappa shape index (κ1) is 22.6. The third-order valence-electron chi connectivity index (χ3n) is 3.64. The predicted molar refractivity (Wildman–Crippen MR) is 122 cm³/mol. The van der Waals surface area contributed by atoms with Gasteiger partial charge in [-0.2, -0.15) is 11.8 Å². The standard InChI is InChI=1S/C18H22ClN3O3S3/c1-25-16-7-4-3-6-15(16)22-28(23,24)17-12-13(8-9-14(17)19)21-18(26)20-10-5-11-27-2/h3-4,6-9,12,22H,5,10-11H2,1-2H3,(H2,20,21,26). The van der Waals surface area contributed by atoms with Crippen molar-refractivity contribution in [3.05, 3.63) is 47.5 Å². The lowest BCUT2D eigenvalue weighted by atomic mass is 10.3. The molecule has 0 aliphatic heterocycles. The number of sulfonamides is 1. The number of nitrogens with one attached hydrogen (secondary N) is 3. The quantitative estimate of drug-likeness (QED) is 0.383. The lowest BCUT2D eigenvalue weighted by Gasteiger charge is -2.15. The van der Waals surface area contributed by atoms with Gasteiger partial charge in [-0.15, -0.1) is 0 Å². The molecular weight excluding hydrogens is 438 g/mol. The molecule has 0 radical (unpaired) electrons. The smallest absolute Gasteiger partial charge is 0.263 e. The molecule has 0 aliphatic rings. The third kappa shape index (κ3) is 6.44. The minimum absolute atomic E-state index is 0.0599. The summed E-state index contributed by atoms with van der Waals surface area (Å²) in [5.74, 6) is 1.44. The maximum absolute atomic E-state index is 12.8. The van der Waals surface area contributed by atoms with Crippen LogP contribution in [0.2, 0.25) is 5.02 Å². The van der Waals surface area contributed by atoms with Gasteiger partial charge in [0.05, 0.1) is 17.8 Å². The van der Waals surface area contributed by atoms with Crippen molar-refractivity contribution in [3.8, 4) is 5.75 Å². The molecule has 0 heterocycles. The molecule has 0 atom stereocenters. The Morgan fingerprint density at radius 1 is 1.25 bits per heavy atom. The summed E-state index contributed by atoms with van der Waals surface area (Å²) in [5, 5.41) is 6.59. The van der Waals surface area contributed by atoms with Gasteiger partial charge in [0.2, 0.25) is 0 Å². The SMILES string of the molecule is COc1ccccc1NS(=O)(=O)c1cc(NC(=S)NCCCSC)ccc1Cl. The second kappa shape index (κ2) is 10.8. The fourth-order valence-electron chi connectivity index (χ4n) is 2.31. The molecule has 2 aromatic carbocycles. The van der Waals surface area contributed by atoms with Crippen LogP contribution in [0.5, 0.6) is 5.75 Å². The van der Waals surface area contributed by atoms with Crippen LogP contribution in [-0.4, -0.2) is 39.2 Å². The number of para-hydroxylation sites is 2. The van der Waals surface area contributed by atoms with Crippen molar-refractivity contribution in [1.82, 2.24) is 5.32 Å². The number of halogens is 1. The third-order valence-corrected chi connectivity index (χ3v) is 6.43. The number of thioether (sulfide) groups is 1. The molecule has 2 aromatic rings. The number of thiocarbonyl (C=S) groups is 1. The van der Waals surface area contributed by atoms with Crippen molar-refractivity contribution in [3.63, 3.8) is 0 Å². The van der Waals surface area contributed by atoms with Gasteiger partial charge < -0.3 is 15.4 Å². The first-order valence-corrected chi connectivity index (χ1v) is 12.0. The summed E-state index contributed by atoms with van der Waals surface area (Å²) >= 11 is 13.2. The van der Waals surface area contributed by atoms with Crippen LogP contribution in [0.15, 0.2) is 47.4 Å². The second-order valence-corrected chi connectivity index (χ2v) is 9.13. The predicted octanol–water partition coefficient (Wildman–Crippen LogP) is 4.19. The zero-order chi connectivity index (χ0) is 20.6. The van der Waals surface area contributed by atoms with E-state index in [0.717, 1.165) is 18.7 Å². The molecule has 3 N–H and O–H groups in total. The molecule has 0 amide bonds. The highest BCUT2D eigenvalue weighted by atomic mass is 35.5. The van der Waals surface area contributed by atoms with E-state index >= 15 is 0 Å². The maximum Gasteiger partial charge on any atom is 0.263 e. The van der Waals surface area contributed by atoms with Crippen LogP contribution < -0.4 is 20.1 Å². The number of hydrogen-bond donors (Lipinski definition) is 3. The average Bonchev–Trinajstić information content (AvgIpc) is 2.67. The number of methoxy groups -OCH3 is 1. The Morgan fingerprint density at radius 2 is 2.00 bits per heavy atom. The van der Waals surface area contributed by atoms with Gasteiger partial charge >= 0.3 is 0 Å².